The van der Waals surface area contributed by atoms with Gasteiger partial charge in [-0.15, -0.1) is 0 Å². The van der Waals surface area contributed by atoms with E-state index in [0.717, 1.165) is 6.08 Å². The maximum Gasteiger partial charge on any atom is 0.328 e. The van der Waals surface area contributed by atoms with E-state index in [1.807, 2.05) is 4.90 Å². The third-order valence-corrected chi connectivity index (χ3v) is 2.08. The molecule has 0 saturated heterocycles. The Bertz CT molecular complexity index is 390. The maximum absolute atomic E-state index is 13.3. The number of hydrogen-bond acceptors (Lipinski definition) is 2. The van der Waals surface area contributed by atoms with Crippen molar-refractivity contribution in [3.63, 3.8) is 0 Å². The summed E-state index contributed by atoms with van der Waals surface area (Å²) in [5.41, 5.74) is 0.605. The van der Waals surface area contributed by atoms with Gasteiger partial charge in [-0.1, -0.05) is 24.3 Å². The zero-order valence-electron chi connectivity index (χ0n) is 9.06. The molecular formula is C12H14FNO2. The molecule has 1 N–H and O–H groups in total. The van der Waals surface area contributed by atoms with Crippen molar-refractivity contribution < 1.29 is 14.3 Å². The van der Waals surface area contributed by atoms with Gasteiger partial charge in [-0.05, 0) is 13.1 Å². The summed E-state index contributed by atoms with van der Waals surface area (Å²) >= 11 is 0. The van der Waals surface area contributed by atoms with Gasteiger partial charge in [-0.25, -0.2) is 9.18 Å². The maximum atomic E-state index is 13.3. The van der Waals surface area contributed by atoms with Gasteiger partial charge in [0, 0.05) is 24.7 Å². The molecule has 0 atom stereocenters. The van der Waals surface area contributed by atoms with Gasteiger partial charge in [0.25, 0.3) is 0 Å². The summed E-state index contributed by atoms with van der Waals surface area (Å²) in [5.74, 6) is -1.21. The van der Waals surface area contributed by atoms with Crippen LogP contribution in [-0.4, -0.2) is 29.6 Å². The van der Waals surface area contributed by atoms with Crippen molar-refractivity contribution >= 4 is 5.97 Å². The van der Waals surface area contributed by atoms with E-state index in [2.05, 4.69) is 0 Å². The van der Waals surface area contributed by atoms with Gasteiger partial charge in [-0.3, -0.25) is 4.90 Å². The van der Waals surface area contributed by atoms with Gasteiger partial charge in [0.1, 0.15) is 5.82 Å². The van der Waals surface area contributed by atoms with Crippen molar-refractivity contribution in [2.45, 2.75) is 6.54 Å². The number of benzene rings is 1. The number of carboxylic acid groups (broad SMARTS) is 1. The van der Waals surface area contributed by atoms with Crippen LogP contribution in [0.1, 0.15) is 5.56 Å². The third kappa shape index (κ3) is 4.23. The summed E-state index contributed by atoms with van der Waals surface area (Å²) in [4.78, 5) is 12.1. The smallest absolute Gasteiger partial charge is 0.328 e. The first kappa shape index (κ1) is 12.4. The monoisotopic (exact) mass is 223 g/mol. The van der Waals surface area contributed by atoms with Crippen LogP contribution in [0, 0.1) is 5.82 Å². The lowest BCUT2D eigenvalue weighted by molar-refractivity contribution is -0.131. The molecule has 0 spiro atoms. The average molecular weight is 223 g/mol. The molecular weight excluding hydrogens is 209 g/mol. The minimum Gasteiger partial charge on any atom is -0.478 e. The van der Waals surface area contributed by atoms with E-state index in [-0.39, 0.29) is 5.82 Å². The lowest BCUT2D eigenvalue weighted by Gasteiger charge is -2.14. The Balaban J connectivity index is 2.49. The summed E-state index contributed by atoms with van der Waals surface area (Å²) in [5, 5.41) is 8.39. The highest BCUT2D eigenvalue weighted by atomic mass is 19.1. The van der Waals surface area contributed by atoms with Gasteiger partial charge in [0.2, 0.25) is 0 Å². The summed E-state index contributed by atoms with van der Waals surface area (Å²) in [6.07, 6.45) is 2.61. The molecule has 1 aromatic carbocycles. The summed E-state index contributed by atoms with van der Waals surface area (Å²) < 4.78 is 13.3. The fourth-order valence-electron chi connectivity index (χ4n) is 1.32. The van der Waals surface area contributed by atoms with E-state index >= 15 is 0 Å². The number of carboxylic acids is 1. The van der Waals surface area contributed by atoms with Crippen molar-refractivity contribution in [2.75, 3.05) is 13.6 Å². The van der Waals surface area contributed by atoms with Crippen LogP contribution in [0.25, 0.3) is 0 Å². The van der Waals surface area contributed by atoms with Crippen LogP contribution in [0.5, 0.6) is 0 Å². The zero-order chi connectivity index (χ0) is 12.0. The molecule has 0 aliphatic heterocycles. The number of rotatable bonds is 5. The van der Waals surface area contributed by atoms with Crippen molar-refractivity contribution in [1.29, 1.82) is 0 Å². The first-order chi connectivity index (χ1) is 7.59. The highest BCUT2D eigenvalue weighted by Crippen LogP contribution is 2.08. The van der Waals surface area contributed by atoms with Gasteiger partial charge >= 0.3 is 5.97 Å². The Morgan fingerprint density at radius 2 is 2.19 bits per heavy atom. The number of aliphatic carboxylic acids is 1. The molecule has 0 heterocycles. The van der Waals surface area contributed by atoms with Crippen LogP contribution in [0.2, 0.25) is 0 Å². The van der Waals surface area contributed by atoms with Gasteiger partial charge < -0.3 is 5.11 Å². The van der Waals surface area contributed by atoms with Gasteiger partial charge in [0.15, 0.2) is 0 Å². The van der Waals surface area contributed by atoms with E-state index in [1.165, 1.54) is 12.1 Å². The molecule has 4 heteroatoms. The topological polar surface area (TPSA) is 40.5 Å². The predicted octanol–water partition coefficient (Wildman–Crippen LogP) is 1.90. The molecule has 0 saturated carbocycles. The molecule has 1 aromatic rings. The Hall–Kier alpha value is -1.68. The highest BCUT2D eigenvalue weighted by Gasteiger charge is 2.03. The van der Waals surface area contributed by atoms with Crippen LogP contribution in [0.3, 0.4) is 0 Å². The Morgan fingerprint density at radius 3 is 2.81 bits per heavy atom. The number of hydrogen-bond donors (Lipinski definition) is 1. The second-order valence-corrected chi connectivity index (χ2v) is 3.53. The Labute approximate surface area is 93.8 Å². The fraction of sp³-hybridized carbons (Fsp3) is 0.250. The molecule has 86 valence electrons. The molecule has 3 nitrogen and oxygen atoms in total. The third-order valence-electron chi connectivity index (χ3n) is 2.08. The molecule has 16 heavy (non-hydrogen) atoms. The standard InChI is InChI=1S/C12H14FNO2/c1-14(8-4-7-12(15)16)9-10-5-2-3-6-11(10)13/h2-7H,8-9H2,1H3,(H,15,16)/b7-4+. The predicted molar refractivity (Wildman–Crippen MR) is 59.5 cm³/mol. The molecule has 0 amide bonds. The largest absolute Gasteiger partial charge is 0.478 e. The van der Waals surface area contributed by atoms with E-state index in [1.54, 1.807) is 25.2 Å². The first-order valence-electron chi connectivity index (χ1n) is 4.91. The zero-order valence-corrected chi connectivity index (χ0v) is 9.06. The average Bonchev–Trinajstić information content (AvgIpc) is 2.21. The van der Waals surface area contributed by atoms with E-state index in [9.17, 15) is 9.18 Å². The van der Waals surface area contributed by atoms with Crippen LogP contribution < -0.4 is 0 Å². The quantitative estimate of drug-likeness (QED) is 0.775. The van der Waals surface area contributed by atoms with Crippen molar-refractivity contribution in [3.05, 3.63) is 47.8 Å². The molecule has 0 bridgehead atoms. The Kier molecular flexibility index (Phi) is 4.66. The fourth-order valence-corrected chi connectivity index (χ4v) is 1.32. The van der Waals surface area contributed by atoms with Crippen molar-refractivity contribution in [3.8, 4) is 0 Å². The van der Waals surface area contributed by atoms with Crippen molar-refractivity contribution in [2.24, 2.45) is 0 Å². The van der Waals surface area contributed by atoms with E-state index < -0.39 is 5.97 Å². The molecule has 0 aliphatic carbocycles. The van der Waals surface area contributed by atoms with E-state index in [4.69, 9.17) is 5.11 Å². The first-order valence-corrected chi connectivity index (χ1v) is 4.91. The number of carbonyl (C=O) groups is 1. The van der Waals surface area contributed by atoms with Crippen LogP contribution in [0.4, 0.5) is 4.39 Å². The molecule has 0 unspecified atom stereocenters. The SMILES string of the molecule is CN(C/C=C/C(=O)O)Cc1ccccc1F. The van der Waals surface area contributed by atoms with Gasteiger partial charge in [-0.2, -0.15) is 0 Å². The normalized spacial score (nSPS) is 11.2. The number of halogens is 1. The lowest BCUT2D eigenvalue weighted by Crippen LogP contribution is -2.18. The van der Waals surface area contributed by atoms with Gasteiger partial charge in [0.05, 0.1) is 0 Å². The Morgan fingerprint density at radius 1 is 1.50 bits per heavy atom. The molecule has 1 rings (SSSR count). The number of nitrogens with zero attached hydrogens (tertiary/aromatic N) is 1. The summed E-state index contributed by atoms with van der Waals surface area (Å²) in [6.45, 7) is 0.928. The molecule has 0 fully saturated rings. The van der Waals surface area contributed by atoms with Crippen LogP contribution in [-0.2, 0) is 11.3 Å². The van der Waals surface area contributed by atoms with Crippen LogP contribution in [0.15, 0.2) is 36.4 Å². The van der Waals surface area contributed by atoms with E-state index in [0.29, 0.717) is 18.7 Å². The summed E-state index contributed by atoms with van der Waals surface area (Å²) in [7, 11) is 1.80. The summed E-state index contributed by atoms with van der Waals surface area (Å²) in [6, 6.07) is 6.55. The molecule has 0 radical (unpaired) electrons. The van der Waals surface area contributed by atoms with Crippen LogP contribution >= 0.6 is 0 Å². The second-order valence-electron chi connectivity index (χ2n) is 3.53. The highest BCUT2D eigenvalue weighted by molar-refractivity contribution is 5.79. The minimum absolute atomic E-state index is 0.239. The minimum atomic E-state index is -0.973. The second kappa shape index (κ2) is 6.02. The molecule has 0 aromatic heterocycles. The molecule has 0 aliphatic rings. The lowest BCUT2D eigenvalue weighted by atomic mass is 10.2. The number of likely N-dealkylation sites (N-methyl/N-ethyl adjacent to an activating group) is 1. The van der Waals surface area contributed by atoms with Crippen molar-refractivity contribution in [1.82, 2.24) is 4.90 Å².